The zero-order valence-corrected chi connectivity index (χ0v) is 17.7. The molecule has 0 aliphatic heterocycles. The van der Waals surface area contributed by atoms with Crippen LogP contribution in [0.15, 0.2) is 84.5 Å². The number of pyridine rings is 1. The molecular formula is C25H20N2O3S. The fraction of sp³-hybridized carbons (Fsp3) is 0.0800. The van der Waals surface area contributed by atoms with Crippen LogP contribution >= 0.6 is 11.3 Å². The first-order valence-corrected chi connectivity index (χ1v) is 10.7. The number of aromatic nitrogens is 1. The maximum Gasteiger partial charge on any atom is 0.341 e. The van der Waals surface area contributed by atoms with Gasteiger partial charge in [-0.05, 0) is 35.7 Å². The zero-order valence-electron chi connectivity index (χ0n) is 16.9. The highest BCUT2D eigenvalue weighted by Gasteiger charge is 2.23. The van der Waals surface area contributed by atoms with Crippen molar-refractivity contribution in [1.29, 1.82) is 0 Å². The predicted octanol–water partition coefficient (Wildman–Crippen LogP) is 5.91. The summed E-state index contributed by atoms with van der Waals surface area (Å²) in [5.74, 6) is -0.793. The van der Waals surface area contributed by atoms with Gasteiger partial charge in [-0.2, -0.15) is 0 Å². The van der Waals surface area contributed by atoms with E-state index in [2.05, 4.69) is 22.4 Å². The number of benzene rings is 2. The van der Waals surface area contributed by atoms with Gasteiger partial charge in [-0.15, -0.1) is 11.3 Å². The molecule has 2 heterocycles. The minimum atomic E-state index is -0.465. The second-order valence-electron chi connectivity index (χ2n) is 6.71. The molecule has 2 aromatic carbocycles. The first-order valence-electron chi connectivity index (χ1n) is 9.83. The fourth-order valence-corrected chi connectivity index (χ4v) is 4.17. The molecule has 6 heteroatoms. The Hall–Kier alpha value is -3.77. The monoisotopic (exact) mass is 428 g/mol. The van der Waals surface area contributed by atoms with Crippen molar-refractivity contribution in [2.45, 2.75) is 6.92 Å². The molecule has 0 atom stereocenters. The molecule has 4 rings (SSSR count). The van der Waals surface area contributed by atoms with Crippen LogP contribution in [-0.4, -0.2) is 23.5 Å². The maximum absolute atomic E-state index is 12.7. The third-order valence-corrected chi connectivity index (χ3v) is 5.62. The highest BCUT2D eigenvalue weighted by atomic mass is 32.1. The largest absolute Gasteiger partial charge is 0.462 e. The van der Waals surface area contributed by atoms with Gasteiger partial charge >= 0.3 is 5.97 Å². The van der Waals surface area contributed by atoms with E-state index in [0.717, 1.165) is 22.3 Å². The highest BCUT2D eigenvalue weighted by Crippen LogP contribution is 2.37. The van der Waals surface area contributed by atoms with E-state index in [0.29, 0.717) is 16.1 Å². The minimum absolute atomic E-state index is 0.247. The van der Waals surface area contributed by atoms with Crippen molar-refractivity contribution in [2.75, 3.05) is 11.9 Å². The molecule has 1 N–H and O–H groups in total. The molecular weight excluding hydrogens is 408 g/mol. The first kappa shape index (κ1) is 20.5. The van der Waals surface area contributed by atoms with Gasteiger partial charge in [-0.25, -0.2) is 4.79 Å². The van der Waals surface area contributed by atoms with Gasteiger partial charge in [-0.3, -0.25) is 9.78 Å². The Kier molecular flexibility index (Phi) is 6.19. The Bertz CT molecular complexity index is 1190. The minimum Gasteiger partial charge on any atom is -0.462 e. The summed E-state index contributed by atoms with van der Waals surface area (Å²) in [7, 11) is 0. The lowest BCUT2D eigenvalue weighted by molar-refractivity contribution is 0.0529. The molecule has 0 bridgehead atoms. The number of anilines is 1. The lowest BCUT2D eigenvalue weighted by Crippen LogP contribution is -2.15. The molecule has 31 heavy (non-hydrogen) atoms. The van der Waals surface area contributed by atoms with Crippen LogP contribution in [0.3, 0.4) is 0 Å². The van der Waals surface area contributed by atoms with Crippen LogP contribution in [0.4, 0.5) is 5.00 Å². The molecule has 0 fully saturated rings. The summed E-state index contributed by atoms with van der Waals surface area (Å²) in [5.41, 5.74) is 4.58. The van der Waals surface area contributed by atoms with Crippen molar-refractivity contribution in [3.8, 4) is 22.3 Å². The standard InChI is InChI=1S/C25H20N2O3S/c1-2-30-25(29)22-21(16-31-24(22)27-23(28)20-9-6-14-26-15-20)19-12-10-18(11-13-19)17-7-4-3-5-8-17/h3-16H,2H2,1H3,(H,27,28). The van der Waals surface area contributed by atoms with Crippen molar-refractivity contribution in [2.24, 2.45) is 0 Å². The summed E-state index contributed by atoms with van der Waals surface area (Å²) < 4.78 is 5.27. The summed E-state index contributed by atoms with van der Waals surface area (Å²) in [6, 6.07) is 21.4. The average Bonchev–Trinajstić information content (AvgIpc) is 3.24. The molecule has 5 nitrogen and oxygen atoms in total. The molecule has 0 aliphatic carbocycles. The van der Waals surface area contributed by atoms with Crippen molar-refractivity contribution >= 4 is 28.2 Å². The Morgan fingerprint density at radius 2 is 1.65 bits per heavy atom. The van der Waals surface area contributed by atoms with E-state index in [1.807, 2.05) is 47.8 Å². The number of thiophene rings is 1. The maximum atomic E-state index is 12.7. The van der Waals surface area contributed by atoms with E-state index in [-0.39, 0.29) is 12.5 Å². The van der Waals surface area contributed by atoms with Crippen molar-refractivity contribution in [3.63, 3.8) is 0 Å². The van der Waals surface area contributed by atoms with Crippen LogP contribution < -0.4 is 5.32 Å². The number of carbonyl (C=O) groups is 2. The predicted molar refractivity (Wildman–Crippen MR) is 123 cm³/mol. The summed E-state index contributed by atoms with van der Waals surface area (Å²) >= 11 is 1.30. The van der Waals surface area contributed by atoms with Crippen LogP contribution in [-0.2, 0) is 4.74 Å². The highest BCUT2D eigenvalue weighted by molar-refractivity contribution is 7.15. The number of hydrogen-bond acceptors (Lipinski definition) is 5. The van der Waals surface area contributed by atoms with Crippen LogP contribution in [0.2, 0.25) is 0 Å². The smallest absolute Gasteiger partial charge is 0.341 e. The molecule has 0 unspecified atom stereocenters. The van der Waals surface area contributed by atoms with Crippen molar-refractivity contribution < 1.29 is 14.3 Å². The second kappa shape index (κ2) is 9.36. The summed E-state index contributed by atoms with van der Waals surface area (Å²) in [6.45, 7) is 2.00. The van der Waals surface area contributed by atoms with Gasteiger partial charge in [0.1, 0.15) is 10.6 Å². The lowest BCUT2D eigenvalue weighted by atomic mass is 9.99. The van der Waals surface area contributed by atoms with Crippen molar-refractivity contribution in [3.05, 3.63) is 95.6 Å². The molecule has 2 aromatic heterocycles. The van der Waals surface area contributed by atoms with E-state index < -0.39 is 5.97 Å². The number of esters is 1. The van der Waals surface area contributed by atoms with E-state index >= 15 is 0 Å². The summed E-state index contributed by atoms with van der Waals surface area (Å²) in [6.07, 6.45) is 3.08. The SMILES string of the molecule is CCOC(=O)c1c(-c2ccc(-c3ccccc3)cc2)csc1NC(=O)c1cccnc1. The van der Waals surface area contributed by atoms with Crippen LogP contribution in [0, 0.1) is 0 Å². The van der Waals surface area contributed by atoms with Gasteiger partial charge in [0, 0.05) is 23.3 Å². The van der Waals surface area contributed by atoms with Crippen LogP contribution in [0.5, 0.6) is 0 Å². The lowest BCUT2D eigenvalue weighted by Gasteiger charge is -2.09. The second-order valence-corrected chi connectivity index (χ2v) is 7.59. The van der Waals surface area contributed by atoms with E-state index in [4.69, 9.17) is 4.74 Å². The molecule has 0 aliphatic rings. The number of amides is 1. The molecule has 0 saturated heterocycles. The van der Waals surface area contributed by atoms with Gasteiger partial charge < -0.3 is 10.1 Å². The number of carbonyl (C=O) groups excluding carboxylic acids is 2. The first-order chi connectivity index (χ1) is 15.2. The third-order valence-electron chi connectivity index (χ3n) is 4.72. The van der Waals surface area contributed by atoms with E-state index in [1.165, 1.54) is 17.5 Å². The van der Waals surface area contributed by atoms with Gasteiger partial charge in [-0.1, -0.05) is 54.6 Å². The Labute approximate surface area is 184 Å². The fourth-order valence-electron chi connectivity index (χ4n) is 3.21. The Balaban J connectivity index is 1.67. The van der Waals surface area contributed by atoms with Crippen LogP contribution in [0.25, 0.3) is 22.3 Å². The molecule has 0 spiro atoms. The number of nitrogens with zero attached hydrogens (tertiary/aromatic N) is 1. The molecule has 154 valence electrons. The molecule has 0 saturated carbocycles. The van der Waals surface area contributed by atoms with E-state index in [1.54, 1.807) is 25.3 Å². The normalized spacial score (nSPS) is 10.5. The summed E-state index contributed by atoms with van der Waals surface area (Å²) in [4.78, 5) is 29.3. The van der Waals surface area contributed by atoms with Crippen LogP contribution in [0.1, 0.15) is 27.6 Å². The van der Waals surface area contributed by atoms with Gasteiger partial charge in [0.2, 0.25) is 0 Å². The number of rotatable bonds is 6. The van der Waals surface area contributed by atoms with Gasteiger partial charge in [0.05, 0.1) is 12.2 Å². The number of nitrogens with one attached hydrogen (secondary N) is 1. The summed E-state index contributed by atoms with van der Waals surface area (Å²) in [5, 5.41) is 5.15. The third kappa shape index (κ3) is 4.54. The number of hydrogen-bond donors (Lipinski definition) is 1. The van der Waals surface area contributed by atoms with Crippen molar-refractivity contribution in [1.82, 2.24) is 4.98 Å². The van der Waals surface area contributed by atoms with E-state index in [9.17, 15) is 9.59 Å². The molecule has 4 aromatic rings. The molecule has 0 radical (unpaired) electrons. The van der Waals surface area contributed by atoms with Gasteiger partial charge in [0.15, 0.2) is 0 Å². The zero-order chi connectivity index (χ0) is 21.6. The molecule has 1 amide bonds. The average molecular weight is 429 g/mol. The Morgan fingerprint density at radius 3 is 2.32 bits per heavy atom. The van der Waals surface area contributed by atoms with Gasteiger partial charge in [0.25, 0.3) is 5.91 Å². The quantitative estimate of drug-likeness (QED) is 0.388. The topological polar surface area (TPSA) is 68.3 Å². The number of ether oxygens (including phenoxy) is 1. The Morgan fingerprint density at radius 1 is 0.935 bits per heavy atom.